The highest BCUT2D eigenvalue weighted by Gasteiger charge is 2.15. The number of benzene rings is 1. The molecule has 6 heteroatoms. The molecule has 0 amide bonds. The third kappa shape index (κ3) is 2.52. The molecule has 0 fully saturated rings. The summed E-state index contributed by atoms with van der Waals surface area (Å²) in [5.74, 6) is -1.62. The fourth-order valence-corrected chi connectivity index (χ4v) is 2.17. The standard InChI is InChI=1S/C12H8BrClF2N2/c1-2-6-5-9(14)18-12(17-6)7-3-4-8(15)11(16)10(7)13/h3-5H,2H2,1H3. The first-order valence-corrected chi connectivity index (χ1v) is 6.37. The maximum atomic E-state index is 13.4. The van der Waals surface area contributed by atoms with Crippen molar-refractivity contribution >= 4 is 27.5 Å². The van der Waals surface area contributed by atoms with E-state index in [0.717, 1.165) is 11.8 Å². The predicted octanol–water partition coefficient (Wildman–Crippen LogP) is 4.40. The molecule has 1 aromatic heterocycles. The second-order valence-corrected chi connectivity index (χ2v) is 4.76. The SMILES string of the molecule is CCc1cc(Cl)nc(-c2ccc(F)c(F)c2Br)n1. The van der Waals surface area contributed by atoms with Gasteiger partial charge in [-0.2, -0.15) is 0 Å². The van der Waals surface area contributed by atoms with Gasteiger partial charge in [0.2, 0.25) is 0 Å². The van der Waals surface area contributed by atoms with Gasteiger partial charge in [-0.1, -0.05) is 18.5 Å². The van der Waals surface area contributed by atoms with Crippen LogP contribution in [0.3, 0.4) is 0 Å². The number of nitrogens with zero attached hydrogens (tertiary/aromatic N) is 2. The van der Waals surface area contributed by atoms with Gasteiger partial charge in [0, 0.05) is 11.3 Å². The van der Waals surface area contributed by atoms with E-state index in [1.54, 1.807) is 6.07 Å². The van der Waals surface area contributed by atoms with Crippen LogP contribution in [0.2, 0.25) is 5.15 Å². The molecule has 0 unspecified atom stereocenters. The van der Waals surface area contributed by atoms with E-state index in [9.17, 15) is 8.78 Å². The lowest BCUT2D eigenvalue weighted by molar-refractivity contribution is 0.504. The number of halogens is 4. The summed E-state index contributed by atoms with van der Waals surface area (Å²) in [5.41, 5.74) is 1.10. The quantitative estimate of drug-likeness (QED) is 0.601. The third-order valence-corrected chi connectivity index (χ3v) is 3.36. The lowest BCUT2D eigenvalue weighted by Gasteiger charge is -2.07. The Labute approximate surface area is 116 Å². The maximum Gasteiger partial charge on any atom is 0.173 e. The lowest BCUT2D eigenvalue weighted by Crippen LogP contribution is -1.97. The number of hydrogen-bond acceptors (Lipinski definition) is 2. The molecule has 0 bridgehead atoms. The molecule has 0 radical (unpaired) electrons. The molecule has 0 spiro atoms. The molecule has 18 heavy (non-hydrogen) atoms. The van der Waals surface area contributed by atoms with Crippen LogP contribution in [0, 0.1) is 11.6 Å². The first kappa shape index (κ1) is 13.4. The van der Waals surface area contributed by atoms with Gasteiger partial charge in [-0.3, -0.25) is 0 Å². The molecule has 1 aromatic carbocycles. The molecule has 0 atom stereocenters. The molecular weight excluding hydrogens is 325 g/mol. The van der Waals surface area contributed by atoms with Crippen LogP contribution >= 0.6 is 27.5 Å². The van der Waals surface area contributed by atoms with Crippen LogP contribution in [-0.2, 0) is 6.42 Å². The zero-order chi connectivity index (χ0) is 13.3. The molecule has 2 nitrogen and oxygen atoms in total. The Kier molecular flexibility index (Phi) is 3.92. The Morgan fingerprint density at radius 3 is 2.67 bits per heavy atom. The van der Waals surface area contributed by atoms with Crippen molar-refractivity contribution in [3.63, 3.8) is 0 Å². The van der Waals surface area contributed by atoms with Crippen molar-refractivity contribution in [2.45, 2.75) is 13.3 Å². The minimum atomic E-state index is -0.964. The van der Waals surface area contributed by atoms with Crippen LogP contribution in [0.5, 0.6) is 0 Å². The summed E-state index contributed by atoms with van der Waals surface area (Å²) in [4.78, 5) is 8.26. The molecule has 0 saturated heterocycles. The van der Waals surface area contributed by atoms with Gasteiger partial charge in [0.1, 0.15) is 5.15 Å². The van der Waals surface area contributed by atoms with Crippen molar-refractivity contribution in [1.82, 2.24) is 9.97 Å². The Hall–Kier alpha value is -1.07. The summed E-state index contributed by atoms with van der Waals surface area (Å²) in [6.45, 7) is 1.92. The summed E-state index contributed by atoms with van der Waals surface area (Å²) in [7, 11) is 0. The van der Waals surface area contributed by atoms with Crippen LogP contribution in [0.4, 0.5) is 8.78 Å². The molecule has 0 aliphatic carbocycles. The monoisotopic (exact) mass is 332 g/mol. The normalized spacial score (nSPS) is 10.7. The zero-order valence-corrected chi connectivity index (χ0v) is 11.7. The molecule has 0 N–H and O–H groups in total. The molecule has 2 rings (SSSR count). The maximum absolute atomic E-state index is 13.4. The Balaban J connectivity index is 2.62. The zero-order valence-electron chi connectivity index (χ0n) is 9.35. The summed E-state index contributed by atoms with van der Waals surface area (Å²) in [6.07, 6.45) is 0.677. The second-order valence-electron chi connectivity index (χ2n) is 3.58. The van der Waals surface area contributed by atoms with Gasteiger partial charge in [0.05, 0.1) is 4.47 Å². The highest BCUT2D eigenvalue weighted by atomic mass is 79.9. The van der Waals surface area contributed by atoms with Gasteiger partial charge in [0.25, 0.3) is 0 Å². The molecule has 0 aliphatic heterocycles. The van der Waals surface area contributed by atoms with Crippen molar-refractivity contribution in [3.05, 3.63) is 45.2 Å². The summed E-state index contributed by atoms with van der Waals surface area (Å²) in [6, 6.07) is 4.08. The fourth-order valence-electron chi connectivity index (χ4n) is 1.46. The summed E-state index contributed by atoms with van der Waals surface area (Å²) < 4.78 is 26.5. The number of aromatic nitrogens is 2. The van der Waals surface area contributed by atoms with Crippen molar-refractivity contribution in [1.29, 1.82) is 0 Å². The van der Waals surface area contributed by atoms with Gasteiger partial charge >= 0.3 is 0 Å². The molecule has 0 saturated carbocycles. The highest BCUT2D eigenvalue weighted by Crippen LogP contribution is 2.30. The fraction of sp³-hybridized carbons (Fsp3) is 0.167. The Morgan fingerprint density at radius 1 is 1.28 bits per heavy atom. The van der Waals surface area contributed by atoms with E-state index >= 15 is 0 Å². The van der Waals surface area contributed by atoms with Gasteiger partial charge in [-0.05, 0) is 40.5 Å². The highest BCUT2D eigenvalue weighted by molar-refractivity contribution is 9.10. The van der Waals surface area contributed by atoms with E-state index in [2.05, 4.69) is 25.9 Å². The van der Waals surface area contributed by atoms with Gasteiger partial charge < -0.3 is 0 Å². The van der Waals surface area contributed by atoms with Crippen LogP contribution < -0.4 is 0 Å². The minimum absolute atomic E-state index is 0.00757. The smallest absolute Gasteiger partial charge is 0.173 e. The number of aryl methyl sites for hydroxylation is 1. The minimum Gasteiger partial charge on any atom is -0.233 e. The molecule has 1 heterocycles. The van der Waals surface area contributed by atoms with Crippen LogP contribution in [0.15, 0.2) is 22.7 Å². The van der Waals surface area contributed by atoms with Gasteiger partial charge in [-0.15, -0.1) is 0 Å². The number of hydrogen-bond donors (Lipinski definition) is 0. The molecule has 94 valence electrons. The van der Waals surface area contributed by atoms with E-state index in [0.29, 0.717) is 12.0 Å². The van der Waals surface area contributed by atoms with E-state index < -0.39 is 11.6 Å². The lowest BCUT2D eigenvalue weighted by atomic mass is 10.2. The van der Waals surface area contributed by atoms with E-state index in [-0.39, 0.29) is 15.5 Å². The van der Waals surface area contributed by atoms with Crippen molar-refractivity contribution < 1.29 is 8.78 Å². The molecule has 2 aromatic rings. The van der Waals surface area contributed by atoms with Crippen LogP contribution in [0.1, 0.15) is 12.6 Å². The first-order chi connectivity index (χ1) is 8.52. The Morgan fingerprint density at radius 2 is 2.00 bits per heavy atom. The third-order valence-electron chi connectivity index (χ3n) is 2.39. The number of rotatable bonds is 2. The van der Waals surface area contributed by atoms with Gasteiger partial charge in [0.15, 0.2) is 17.5 Å². The summed E-state index contributed by atoms with van der Waals surface area (Å²) >= 11 is 8.87. The topological polar surface area (TPSA) is 25.8 Å². The van der Waals surface area contributed by atoms with E-state index in [4.69, 9.17) is 11.6 Å². The summed E-state index contributed by atoms with van der Waals surface area (Å²) in [5, 5.41) is 0.272. The predicted molar refractivity (Wildman–Crippen MR) is 69.5 cm³/mol. The van der Waals surface area contributed by atoms with Crippen molar-refractivity contribution in [2.24, 2.45) is 0 Å². The average molecular weight is 334 g/mol. The largest absolute Gasteiger partial charge is 0.233 e. The average Bonchev–Trinajstić information content (AvgIpc) is 2.35. The van der Waals surface area contributed by atoms with Crippen LogP contribution in [-0.4, -0.2) is 9.97 Å². The van der Waals surface area contributed by atoms with E-state index in [1.807, 2.05) is 6.92 Å². The van der Waals surface area contributed by atoms with E-state index in [1.165, 1.54) is 6.07 Å². The second kappa shape index (κ2) is 5.28. The van der Waals surface area contributed by atoms with Crippen molar-refractivity contribution in [2.75, 3.05) is 0 Å². The Bertz CT molecular complexity index is 605. The van der Waals surface area contributed by atoms with Crippen molar-refractivity contribution in [3.8, 4) is 11.4 Å². The first-order valence-electron chi connectivity index (χ1n) is 5.20. The van der Waals surface area contributed by atoms with Crippen LogP contribution in [0.25, 0.3) is 11.4 Å². The molecular formula is C12H8BrClF2N2. The molecule has 0 aliphatic rings. The van der Waals surface area contributed by atoms with Gasteiger partial charge in [-0.25, -0.2) is 18.7 Å².